The molecule has 1 aliphatic carbocycles. The van der Waals surface area contributed by atoms with Gasteiger partial charge in [0.15, 0.2) is 0 Å². The molecule has 2 rings (SSSR count). The summed E-state index contributed by atoms with van der Waals surface area (Å²) in [6.07, 6.45) is -1.46. The number of carbonyl (C=O) groups is 1. The summed E-state index contributed by atoms with van der Waals surface area (Å²) >= 11 is 0. The first-order valence-electron chi connectivity index (χ1n) is 6.73. The van der Waals surface area contributed by atoms with Crippen molar-refractivity contribution >= 4 is 5.91 Å². The van der Waals surface area contributed by atoms with Gasteiger partial charge in [0.2, 0.25) is 0 Å². The molecule has 3 N–H and O–H groups in total. The summed E-state index contributed by atoms with van der Waals surface area (Å²) in [6.45, 7) is 0.335. The van der Waals surface area contributed by atoms with E-state index in [4.69, 9.17) is 10.00 Å². The SMILES string of the molecule is COCC1CC(NC(=O)c2ccc(C#N)cc2)C(O)C1O. The zero-order valence-corrected chi connectivity index (χ0v) is 11.7. The third-order valence-corrected chi connectivity index (χ3v) is 3.78. The summed E-state index contributed by atoms with van der Waals surface area (Å²) in [7, 11) is 1.53. The van der Waals surface area contributed by atoms with Crippen LogP contribution in [0.5, 0.6) is 0 Å². The molecule has 1 saturated carbocycles. The average Bonchev–Trinajstić information content (AvgIpc) is 2.76. The average molecular weight is 290 g/mol. The second-order valence-electron chi connectivity index (χ2n) is 5.20. The number of benzene rings is 1. The molecular formula is C15H18N2O4. The Labute approximate surface area is 123 Å². The molecule has 0 heterocycles. The third-order valence-electron chi connectivity index (χ3n) is 3.78. The second-order valence-corrected chi connectivity index (χ2v) is 5.20. The van der Waals surface area contributed by atoms with Gasteiger partial charge in [-0.2, -0.15) is 5.26 Å². The number of nitrogens with one attached hydrogen (secondary N) is 1. The van der Waals surface area contributed by atoms with Gasteiger partial charge in [0.25, 0.3) is 5.91 Å². The zero-order valence-electron chi connectivity index (χ0n) is 11.7. The van der Waals surface area contributed by atoms with Crippen LogP contribution >= 0.6 is 0 Å². The van der Waals surface area contributed by atoms with E-state index in [9.17, 15) is 15.0 Å². The van der Waals surface area contributed by atoms with Gasteiger partial charge in [-0.25, -0.2) is 0 Å². The first kappa shape index (κ1) is 15.4. The van der Waals surface area contributed by atoms with Gasteiger partial charge in [-0.1, -0.05) is 0 Å². The second kappa shape index (κ2) is 6.68. The van der Waals surface area contributed by atoms with Crippen LogP contribution in [-0.2, 0) is 4.74 Å². The highest BCUT2D eigenvalue weighted by molar-refractivity contribution is 5.94. The number of hydrogen-bond acceptors (Lipinski definition) is 5. The van der Waals surface area contributed by atoms with Crippen LogP contribution in [0.3, 0.4) is 0 Å². The molecular weight excluding hydrogens is 272 g/mol. The van der Waals surface area contributed by atoms with E-state index >= 15 is 0 Å². The molecule has 0 bridgehead atoms. The van der Waals surface area contributed by atoms with Crippen LogP contribution < -0.4 is 5.32 Å². The van der Waals surface area contributed by atoms with Crippen LogP contribution in [0.1, 0.15) is 22.3 Å². The highest BCUT2D eigenvalue weighted by atomic mass is 16.5. The van der Waals surface area contributed by atoms with Crippen molar-refractivity contribution in [1.29, 1.82) is 5.26 Å². The minimum Gasteiger partial charge on any atom is -0.390 e. The Morgan fingerprint density at radius 2 is 2.05 bits per heavy atom. The Bertz CT molecular complexity index is 538. The Morgan fingerprint density at radius 3 is 2.62 bits per heavy atom. The lowest BCUT2D eigenvalue weighted by Crippen LogP contribution is -2.43. The topological polar surface area (TPSA) is 103 Å². The van der Waals surface area contributed by atoms with Gasteiger partial charge in [-0.15, -0.1) is 0 Å². The summed E-state index contributed by atoms with van der Waals surface area (Å²) in [5.74, 6) is -0.537. The Balaban J connectivity index is 2.00. The van der Waals surface area contributed by atoms with Crippen molar-refractivity contribution in [2.75, 3.05) is 13.7 Å². The molecule has 4 unspecified atom stereocenters. The number of rotatable bonds is 4. The monoisotopic (exact) mass is 290 g/mol. The van der Waals surface area contributed by atoms with Gasteiger partial charge in [-0.05, 0) is 30.7 Å². The third kappa shape index (κ3) is 3.39. The quantitative estimate of drug-likeness (QED) is 0.727. The van der Waals surface area contributed by atoms with Crippen LogP contribution in [0, 0.1) is 17.2 Å². The molecule has 112 valence electrons. The number of aliphatic hydroxyl groups is 2. The number of hydrogen-bond donors (Lipinski definition) is 3. The van der Waals surface area contributed by atoms with Gasteiger partial charge in [0, 0.05) is 18.6 Å². The maximum atomic E-state index is 12.1. The molecule has 0 saturated heterocycles. The molecule has 1 aromatic rings. The molecule has 0 aliphatic heterocycles. The number of methoxy groups -OCH3 is 1. The number of aliphatic hydroxyl groups excluding tert-OH is 2. The Hall–Kier alpha value is -1.94. The van der Waals surface area contributed by atoms with Gasteiger partial charge in [-0.3, -0.25) is 4.79 Å². The van der Waals surface area contributed by atoms with Crippen molar-refractivity contribution in [3.63, 3.8) is 0 Å². The number of ether oxygens (including phenoxy) is 1. The maximum absolute atomic E-state index is 12.1. The van der Waals surface area contributed by atoms with E-state index in [2.05, 4.69) is 5.32 Å². The molecule has 1 fully saturated rings. The number of amides is 1. The van der Waals surface area contributed by atoms with Crippen LogP contribution in [-0.4, -0.2) is 48.1 Å². The molecule has 0 spiro atoms. The summed E-state index contributed by atoms with van der Waals surface area (Å²) in [5, 5.41) is 31.3. The summed E-state index contributed by atoms with van der Waals surface area (Å²) in [5.41, 5.74) is 0.883. The lowest BCUT2D eigenvalue weighted by Gasteiger charge is -2.18. The summed E-state index contributed by atoms with van der Waals surface area (Å²) in [4.78, 5) is 12.1. The highest BCUT2D eigenvalue weighted by Crippen LogP contribution is 2.27. The summed E-state index contributed by atoms with van der Waals surface area (Å²) < 4.78 is 4.99. The van der Waals surface area contributed by atoms with E-state index in [1.54, 1.807) is 24.3 Å². The van der Waals surface area contributed by atoms with Crippen LogP contribution in [0.4, 0.5) is 0 Å². The van der Waals surface area contributed by atoms with Crippen LogP contribution in [0.25, 0.3) is 0 Å². The van der Waals surface area contributed by atoms with Crippen LogP contribution in [0.2, 0.25) is 0 Å². The maximum Gasteiger partial charge on any atom is 0.251 e. The highest BCUT2D eigenvalue weighted by Gasteiger charge is 2.42. The standard InChI is InChI=1S/C15H18N2O4/c1-21-8-11-6-12(14(19)13(11)18)17-15(20)10-4-2-9(7-16)3-5-10/h2-5,11-14,18-19H,6,8H2,1H3,(H,17,20). The van der Waals surface area contributed by atoms with Crippen molar-refractivity contribution in [2.24, 2.45) is 5.92 Å². The molecule has 21 heavy (non-hydrogen) atoms. The molecule has 1 amide bonds. The molecule has 0 radical (unpaired) electrons. The van der Waals surface area contributed by atoms with Gasteiger partial charge in [0.1, 0.15) is 6.10 Å². The first-order chi connectivity index (χ1) is 10.1. The van der Waals surface area contributed by atoms with E-state index in [1.165, 1.54) is 7.11 Å². The van der Waals surface area contributed by atoms with Crippen molar-refractivity contribution in [3.8, 4) is 6.07 Å². The molecule has 1 aromatic carbocycles. The smallest absolute Gasteiger partial charge is 0.251 e. The number of nitriles is 1. The normalized spacial score (nSPS) is 28.1. The molecule has 6 heteroatoms. The largest absolute Gasteiger partial charge is 0.390 e. The van der Waals surface area contributed by atoms with Gasteiger partial charge >= 0.3 is 0 Å². The van der Waals surface area contributed by atoms with Gasteiger partial charge < -0.3 is 20.3 Å². The Kier molecular flexibility index (Phi) is 4.91. The van der Waals surface area contributed by atoms with Crippen molar-refractivity contribution in [2.45, 2.75) is 24.7 Å². The van der Waals surface area contributed by atoms with E-state index in [1.807, 2.05) is 6.07 Å². The fourth-order valence-corrected chi connectivity index (χ4v) is 2.59. The fourth-order valence-electron chi connectivity index (χ4n) is 2.59. The predicted octanol–water partition coefficient (Wildman–Crippen LogP) is 0.0448. The van der Waals surface area contributed by atoms with E-state index in [0.717, 1.165) is 0 Å². The molecule has 4 atom stereocenters. The molecule has 1 aliphatic rings. The van der Waals surface area contributed by atoms with Crippen LogP contribution in [0.15, 0.2) is 24.3 Å². The predicted molar refractivity (Wildman–Crippen MR) is 74.4 cm³/mol. The summed E-state index contributed by atoms with van der Waals surface area (Å²) in [6, 6.07) is 7.69. The minimum absolute atomic E-state index is 0.198. The van der Waals surface area contributed by atoms with E-state index in [0.29, 0.717) is 24.2 Å². The van der Waals surface area contributed by atoms with Crippen molar-refractivity contribution in [1.82, 2.24) is 5.32 Å². The van der Waals surface area contributed by atoms with Crippen molar-refractivity contribution < 1.29 is 19.7 Å². The minimum atomic E-state index is -1.01. The van der Waals surface area contributed by atoms with E-state index in [-0.39, 0.29) is 11.8 Å². The fraction of sp³-hybridized carbons (Fsp3) is 0.467. The number of nitrogens with zero attached hydrogens (tertiary/aromatic N) is 1. The van der Waals surface area contributed by atoms with Crippen molar-refractivity contribution in [3.05, 3.63) is 35.4 Å². The Morgan fingerprint density at radius 1 is 1.38 bits per heavy atom. The lowest BCUT2D eigenvalue weighted by atomic mass is 10.1. The zero-order chi connectivity index (χ0) is 15.4. The molecule has 0 aromatic heterocycles. The van der Waals surface area contributed by atoms with E-state index < -0.39 is 18.2 Å². The van der Waals surface area contributed by atoms with Gasteiger partial charge in [0.05, 0.1) is 30.4 Å². The first-order valence-corrected chi connectivity index (χ1v) is 6.73. The molecule has 6 nitrogen and oxygen atoms in total. The number of carbonyl (C=O) groups excluding carboxylic acids is 1. The lowest BCUT2D eigenvalue weighted by molar-refractivity contribution is -0.00552.